The van der Waals surface area contributed by atoms with Crippen molar-refractivity contribution in [3.8, 4) is 28.0 Å². The quantitative estimate of drug-likeness (QED) is 0.136. The Bertz CT molecular complexity index is 1370. The molecule has 0 aliphatic rings. The summed E-state index contributed by atoms with van der Waals surface area (Å²) in [5, 5.41) is 0. The van der Waals surface area contributed by atoms with Crippen LogP contribution >= 0.6 is 0 Å². The minimum absolute atomic E-state index is 0.0826. The first-order valence-corrected chi connectivity index (χ1v) is 11.8. The highest BCUT2D eigenvalue weighted by Gasteiger charge is 2.16. The Balaban J connectivity index is 1.52. The number of hydrogen-bond donors (Lipinski definition) is 0. The van der Waals surface area contributed by atoms with E-state index in [1.165, 1.54) is 18.2 Å². The smallest absolute Gasteiger partial charge is 0.201 e. The second-order valence-electron chi connectivity index (χ2n) is 8.59. The van der Waals surface area contributed by atoms with Crippen molar-refractivity contribution >= 4 is 12.2 Å². The van der Waals surface area contributed by atoms with Crippen molar-refractivity contribution in [1.29, 1.82) is 0 Å². The van der Waals surface area contributed by atoms with Crippen molar-refractivity contribution < 1.29 is 22.3 Å². The molecule has 5 heteroatoms. The van der Waals surface area contributed by atoms with Crippen LogP contribution in [-0.4, -0.2) is 6.61 Å². The molecule has 0 unspecified atom stereocenters. The van der Waals surface area contributed by atoms with Gasteiger partial charge in [0.1, 0.15) is 0 Å². The summed E-state index contributed by atoms with van der Waals surface area (Å²) in [6, 6.07) is 19.9. The van der Waals surface area contributed by atoms with E-state index in [-0.39, 0.29) is 22.4 Å². The normalized spacial score (nSPS) is 11.3. The molecule has 0 aliphatic heterocycles. The van der Waals surface area contributed by atoms with Crippen LogP contribution in [0.25, 0.3) is 34.4 Å². The van der Waals surface area contributed by atoms with Crippen LogP contribution in [0.15, 0.2) is 72.8 Å². The number of benzene rings is 4. The highest BCUT2D eigenvalue weighted by atomic mass is 19.2. The van der Waals surface area contributed by atoms with Crippen molar-refractivity contribution in [3.05, 3.63) is 113 Å². The molecule has 0 radical (unpaired) electrons. The van der Waals surface area contributed by atoms with Crippen molar-refractivity contribution in [3.63, 3.8) is 0 Å². The summed E-state index contributed by atoms with van der Waals surface area (Å²) in [6.45, 7) is 4.24. The largest absolute Gasteiger partial charge is 0.490 e. The number of rotatable bonds is 8. The third kappa shape index (κ3) is 5.51. The van der Waals surface area contributed by atoms with E-state index in [1.54, 1.807) is 54.6 Å². The van der Waals surface area contributed by atoms with Crippen LogP contribution in [0.2, 0.25) is 0 Å². The van der Waals surface area contributed by atoms with Crippen molar-refractivity contribution in [2.24, 2.45) is 0 Å². The molecule has 0 atom stereocenters. The van der Waals surface area contributed by atoms with Gasteiger partial charge in [-0.25, -0.2) is 13.2 Å². The van der Waals surface area contributed by atoms with Gasteiger partial charge in [0.25, 0.3) is 0 Å². The van der Waals surface area contributed by atoms with Gasteiger partial charge in [0.15, 0.2) is 23.2 Å². The average molecular weight is 491 g/mol. The van der Waals surface area contributed by atoms with E-state index in [1.807, 2.05) is 26.0 Å². The maximum Gasteiger partial charge on any atom is 0.201 e. The van der Waals surface area contributed by atoms with E-state index >= 15 is 0 Å². The van der Waals surface area contributed by atoms with E-state index in [0.717, 1.165) is 18.4 Å². The lowest BCUT2D eigenvalue weighted by atomic mass is 9.97. The molecule has 36 heavy (non-hydrogen) atoms. The number of ether oxygens (including phenoxy) is 1. The topological polar surface area (TPSA) is 9.23 Å². The van der Waals surface area contributed by atoms with Gasteiger partial charge in [-0.05, 0) is 42.2 Å². The summed E-state index contributed by atoms with van der Waals surface area (Å²) in [7, 11) is 0. The number of hydrogen-bond acceptors (Lipinski definition) is 1. The predicted octanol–water partition coefficient (Wildman–Crippen LogP) is 9.23. The first-order valence-electron chi connectivity index (χ1n) is 11.8. The summed E-state index contributed by atoms with van der Waals surface area (Å²) >= 11 is 0. The zero-order chi connectivity index (χ0) is 25.7. The van der Waals surface area contributed by atoms with Gasteiger partial charge in [0, 0.05) is 16.7 Å². The first kappa shape index (κ1) is 25.2. The molecule has 0 aromatic heterocycles. The van der Waals surface area contributed by atoms with Gasteiger partial charge in [0.05, 0.1) is 6.61 Å². The zero-order valence-corrected chi connectivity index (χ0v) is 20.1. The molecular weight excluding hydrogens is 464 g/mol. The highest BCUT2D eigenvalue weighted by Crippen LogP contribution is 2.32. The second kappa shape index (κ2) is 11.3. The SMILES string of the molecule is CCCCOc1ccc(/C=C/c2ccc(-c3ccc(-c4ccc(C)cc4)c(F)c3F)cc2)c(F)c1F. The third-order valence-corrected chi connectivity index (χ3v) is 5.95. The summed E-state index contributed by atoms with van der Waals surface area (Å²) in [5.74, 6) is -3.93. The van der Waals surface area contributed by atoms with Gasteiger partial charge < -0.3 is 4.74 Å². The predicted molar refractivity (Wildman–Crippen MR) is 138 cm³/mol. The van der Waals surface area contributed by atoms with Crippen LogP contribution in [0.4, 0.5) is 17.6 Å². The molecule has 0 saturated heterocycles. The van der Waals surface area contributed by atoms with Crippen molar-refractivity contribution in [2.75, 3.05) is 6.61 Å². The van der Waals surface area contributed by atoms with Crippen LogP contribution in [0.3, 0.4) is 0 Å². The van der Waals surface area contributed by atoms with Gasteiger partial charge >= 0.3 is 0 Å². The molecule has 4 aromatic rings. The Kier molecular flexibility index (Phi) is 7.89. The molecule has 0 fully saturated rings. The number of aryl methyl sites for hydroxylation is 1. The molecule has 0 saturated carbocycles. The van der Waals surface area contributed by atoms with E-state index in [4.69, 9.17) is 4.74 Å². The first-order chi connectivity index (χ1) is 17.4. The average Bonchev–Trinajstić information content (AvgIpc) is 2.89. The van der Waals surface area contributed by atoms with Crippen molar-refractivity contribution in [2.45, 2.75) is 26.7 Å². The molecule has 0 bridgehead atoms. The molecule has 0 amide bonds. The second-order valence-corrected chi connectivity index (χ2v) is 8.59. The standard InChI is InChI=1S/C31H26F4O/c1-3-4-19-36-27-18-15-24(28(32)31(27)35)14-9-21-7-12-23(13-8-21)26-17-16-25(29(33)30(26)34)22-10-5-20(2)6-11-22/h5-18H,3-4,19H2,1-2H3/b14-9+. The van der Waals surface area contributed by atoms with Gasteiger partial charge in [-0.1, -0.05) is 91.7 Å². The maximum atomic E-state index is 14.9. The lowest BCUT2D eigenvalue weighted by Gasteiger charge is -2.10. The van der Waals surface area contributed by atoms with Crippen LogP contribution in [-0.2, 0) is 0 Å². The Labute approximate surface area is 208 Å². The minimum atomic E-state index is -1.02. The fourth-order valence-corrected chi connectivity index (χ4v) is 3.80. The Hall–Kier alpha value is -3.86. The summed E-state index contributed by atoms with van der Waals surface area (Å²) in [4.78, 5) is 0. The van der Waals surface area contributed by atoms with E-state index < -0.39 is 23.3 Å². The van der Waals surface area contributed by atoms with E-state index in [9.17, 15) is 17.6 Å². The fraction of sp³-hybridized carbons (Fsp3) is 0.161. The van der Waals surface area contributed by atoms with Gasteiger partial charge in [-0.15, -0.1) is 0 Å². The molecule has 0 N–H and O–H groups in total. The number of unbranched alkanes of at least 4 members (excludes halogenated alkanes) is 1. The highest BCUT2D eigenvalue weighted by molar-refractivity contribution is 5.75. The zero-order valence-electron chi connectivity index (χ0n) is 20.1. The molecule has 4 rings (SSSR count). The summed E-state index contributed by atoms with van der Waals surface area (Å²) < 4.78 is 63.8. The molecule has 0 heterocycles. The summed E-state index contributed by atoms with van der Waals surface area (Å²) in [5.41, 5.74) is 3.26. The molecule has 1 nitrogen and oxygen atoms in total. The van der Waals surface area contributed by atoms with Crippen LogP contribution in [0, 0.1) is 30.2 Å². The van der Waals surface area contributed by atoms with Gasteiger partial charge in [-0.2, -0.15) is 4.39 Å². The van der Waals surface area contributed by atoms with Crippen molar-refractivity contribution in [1.82, 2.24) is 0 Å². The molecular formula is C31H26F4O. The Morgan fingerprint density at radius 1 is 0.639 bits per heavy atom. The Morgan fingerprint density at radius 3 is 1.81 bits per heavy atom. The van der Waals surface area contributed by atoms with E-state index in [2.05, 4.69) is 0 Å². The van der Waals surface area contributed by atoms with Crippen LogP contribution in [0.1, 0.15) is 36.5 Å². The number of halogens is 4. The molecule has 0 aliphatic carbocycles. The van der Waals surface area contributed by atoms with Crippen LogP contribution < -0.4 is 4.74 Å². The molecule has 184 valence electrons. The van der Waals surface area contributed by atoms with Gasteiger partial charge in [-0.3, -0.25) is 0 Å². The maximum absolute atomic E-state index is 14.9. The lowest BCUT2D eigenvalue weighted by molar-refractivity contribution is 0.288. The lowest BCUT2D eigenvalue weighted by Crippen LogP contribution is -2.01. The van der Waals surface area contributed by atoms with E-state index in [0.29, 0.717) is 23.3 Å². The van der Waals surface area contributed by atoms with Gasteiger partial charge in [0.2, 0.25) is 5.82 Å². The fourth-order valence-electron chi connectivity index (χ4n) is 3.80. The Morgan fingerprint density at radius 2 is 1.22 bits per heavy atom. The monoisotopic (exact) mass is 490 g/mol. The summed E-state index contributed by atoms with van der Waals surface area (Å²) in [6.07, 6.45) is 4.73. The molecule has 4 aromatic carbocycles. The minimum Gasteiger partial charge on any atom is -0.490 e. The third-order valence-electron chi connectivity index (χ3n) is 5.95. The van der Waals surface area contributed by atoms with Crippen LogP contribution in [0.5, 0.6) is 5.75 Å². The molecule has 0 spiro atoms.